The summed E-state index contributed by atoms with van der Waals surface area (Å²) < 4.78 is 5.19. The smallest absolute Gasteiger partial charge is 0.114 e. The maximum absolute atomic E-state index is 5.19. The van der Waals surface area contributed by atoms with Gasteiger partial charge in [-0.2, -0.15) is 0 Å². The lowest BCUT2D eigenvalue weighted by atomic mass is 9.95. The van der Waals surface area contributed by atoms with Gasteiger partial charge in [-0.3, -0.25) is 0 Å². The Balaban J connectivity index is 1.61. The standard InChI is InChI=1S/C14H23NO/c1-16-14-8-6-13(7-9-14)5-4-12-15-10-2-3-11-15/h6,8-9,13H,2-5,7,10-12H2,1H3. The third kappa shape index (κ3) is 3.38. The van der Waals surface area contributed by atoms with Crippen LogP contribution in [0.1, 0.15) is 32.1 Å². The van der Waals surface area contributed by atoms with Crippen molar-refractivity contribution < 1.29 is 4.74 Å². The van der Waals surface area contributed by atoms with Crippen LogP contribution in [0.15, 0.2) is 24.0 Å². The van der Waals surface area contributed by atoms with Gasteiger partial charge in [0, 0.05) is 0 Å². The van der Waals surface area contributed by atoms with E-state index in [-0.39, 0.29) is 0 Å². The lowest BCUT2D eigenvalue weighted by Crippen LogP contribution is -2.20. The summed E-state index contributed by atoms with van der Waals surface area (Å²) >= 11 is 0. The lowest BCUT2D eigenvalue weighted by Gasteiger charge is -2.18. The second-order valence-corrected chi connectivity index (χ2v) is 4.86. The summed E-state index contributed by atoms with van der Waals surface area (Å²) in [5, 5.41) is 0. The fourth-order valence-electron chi connectivity index (χ4n) is 2.59. The molecule has 2 aliphatic rings. The molecule has 1 saturated heterocycles. The lowest BCUT2D eigenvalue weighted by molar-refractivity contribution is 0.298. The third-order valence-electron chi connectivity index (χ3n) is 3.64. The molecule has 0 radical (unpaired) electrons. The largest absolute Gasteiger partial charge is 0.497 e. The maximum Gasteiger partial charge on any atom is 0.114 e. The Kier molecular flexibility index (Phi) is 4.46. The summed E-state index contributed by atoms with van der Waals surface area (Å²) in [4.78, 5) is 2.60. The monoisotopic (exact) mass is 221 g/mol. The van der Waals surface area contributed by atoms with Gasteiger partial charge in [-0.25, -0.2) is 0 Å². The average Bonchev–Trinajstić information content (AvgIpc) is 2.83. The summed E-state index contributed by atoms with van der Waals surface area (Å²) in [6.07, 6.45) is 13.3. The molecule has 1 aliphatic heterocycles. The molecule has 0 spiro atoms. The molecule has 1 heterocycles. The van der Waals surface area contributed by atoms with E-state index in [9.17, 15) is 0 Å². The van der Waals surface area contributed by atoms with E-state index in [4.69, 9.17) is 4.74 Å². The molecule has 0 aromatic rings. The molecule has 2 nitrogen and oxygen atoms in total. The van der Waals surface area contributed by atoms with Crippen LogP contribution in [0.25, 0.3) is 0 Å². The Bertz CT molecular complexity index is 264. The Morgan fingerprint density at radius 1 is 1.38 bits per heavy atom. The normalized spacial score (nSPS) is 25.8. The second-order valence-electron chi connectivity index (χ2n) is 4.86. The molecule has 2 heteroatoms. The van der Waals surface area contributed by atoms with Gasteiger partial charge in [0.05, 0.1) is 7.11 Å². The van der Waals surface area contributed by atoms with Crippen LogP contribution >= 0.6 is 0 Å². The molecular weight excluding hydrogens is 198 g/mol. The zero-order chi connectivity index (χ0) is 11.2. The van der Waals surface area contributed by atoms with Crippen molar-refractivity contribution in [3.8, 4) is 0 Å². The molecular formula is C14H23NO. The summed E-state index contributed by atoms with van der Waals surface area (Å²) in [6.45, 7) is 3.95. The van der Waals surface area contributed by atoms with Crippen LogP contribution in [0.2, 0.25) is 0 Å². The zero-order valence-electron chi connectivity index (χ0n) is 10.3. The van der Waals surface area contributed by atoms with Crippen molar-refractivity contribution in [2.45, 2.75) is 32.1 Å². The van der Waals surface area contributed by atoms with Crippen LogP contribution in [0.3, 0.4) is 0 Å². The molecule has 0 N–H and O–H groups in total. The number of ether oxygens (including phenoxy) is 1. The Morgan fingerprint density at radius 2 is 2.19 bits per heavy atom. The molecule has 90 valence electrons. The highest BCUT2D eigenvalue weighted by Crippen LogP contribution is 2.21. The molecule has 0 bridgehead atoms. The number of allylic oxidation sites excluding steroid dienone is 3. The molecule has 0 amide bonds. The van der Waals surface area contributed by atoms with Gasteiger partial charge in [0.15, 0.2) is 0 Å². The molecule has 2 rings (SSSR count). The van der Waals surface area contributed by atoms with E-state index < -0.39 is 0 Å². The fraction of sp³-hybridized carbons (Fsp3) is 0.714. The van der Waals surface area contributed by atoms with E-state index in [1.807, 2.05) is 0 Å². The second kappa shape index (κ2) is 6.09. The van der Waals surface area contributed by atoms with Gasteiger partial charge >= 0.3 is 0 Å². The number of methoxy groups -OCH3 is 1. The topological polar surface area (TPSA) is 12.5 Å². The molecule has 1 fully saturated rings. The highest BCUT2D eigenvalue weighted by atomic mass is 16.5. The van der Waals surface area contributed by atoms with Crippen LogP contribution in [-0.2, 0) is 4.74 Å². The number of likely N-dealkylation sites (tertiary alicyclic amines) is 1. The van der Waals surface area contributed by atoms with Gasteiger partial charge in [-0.1, -0.05) is 6.08 Å². The van der Waals surface area contributed by atoms with Gasteiger partial charge in [-0.15, -0.1) is 0 Å². The Hall–Kier alpha value is -0.760. The molecule has 1 atom stereocenters. The third-order valence-corrected chi connectivity index (χ3v) is 3.64. The zero-order valence-corrected chi connectivity index (χ0v) is 10.3. The number of hydrogen-bond donors (Lipinski definition) is 0. The Morgan fingerprint density at radius 3 is 2.81 bits per heavy atom. The van der Waals surface area contributed by atoms with Crippen molar-refractivity contribution in [2.75, 3.05) is 26.7 Å². The number of rotatable bonds is 5. The number of hydrogen-bond acceptors (Lipinski definition) is 2. The van der Waals surface area contributed by atoms with E-state index in [1.54, 1.807) is 7.11 Å². The van der Waals surface area contributed by atoms with Crippen LogP contribution in [-0.4, -0.2) is 31.6 Å². The molecule has 16 heavy (non-hydrogen) atoms. The first-order chi connectivity index (χ1) is 7.88. The molecule has 1 aliphatic carbocycles. The minimum Gasteiger partial charge on any atom is -0.497 e. The SMILES string of the molecule is COC1=CCC(CCCN2CCCC2)C=C1. The molecule has 0 aromatic carbocycles. The summed E-state index contributed by atoms with van der Waals surface area (Å²) in [5.74, 6) is 1.76. The van der Waals surface area contributed by atoms with Crippen molar-refractivity contribution in [3.05, 3.63) is 24.0 Å². The first-order valence-corrected chi connectivity index (χ1v) is 6.53. The van der Waals surface area contributed by atoms with Gasteiger partial charge < -0.3 is 9.64 Å². The summed E-state index contributed by atoms with van der Waals surface area (Å²) in [7, 11) is 1.74. The molecule has 1 unspecified atom stereocenters. The van der Waals surface area contributed by atoms with E-state index in [0.29, 0.717) is 0 Å². The molecule has 0 saturated carbocycles. The first-order valence-electron chi connectivity index (χ1n) is 6.53. The van der Waals surface area contributed by atoms with E-state index in [0.717, 1.165) is 18.1 Å². The predicted octanol–water partition coefficient (Wildman–Crippen LogP) is 2.97. The van der Waals surface area contributed by atoms with Gasteiger partial charge in [-0.05, 0) is 69.8 Å². The van der Waals surface area contributed by atoms with Crippen LogP contribution in [0, 0.1) is 5.92 Å². The van der Waals surface area contributed by atoms with Crippen LogP contribution in [0.5, 0.6) is 0 Å². The van der Waals surface area contributed by atoms with E-state index >= 15 is 0 Å². The van der Waals surface area contributed by atoms with Crippen LogP contribution in [0.4, 0.5) is 0 Å². The average molecular weight is 221 g/mol. The molecule has 0 aromatic heterocycles. The van der Waals surface area contributed by atoms with Crippen molar-refractivity contribution in [1.82, 2.24) is 4.90 Å². The summed E-state index contributed by atoms with van der Waals surface area (Å²) in [5.41, 5.74) is 0. The predicted molar refractivity (Wildman–Crippen MR) is 67.2 cm³/mol. The van der Waals surface area contributed by atoms with Gasteiger partial charge in [0.1, 0.15) is 5.76 Å². The van der Waals surface area contributed by atoms with E-state index in [2.05, 4.69) is 23.1 Å². The highest BCUT2D eigenvalue weighted by molar-refractivity contribution is 5.17. The van der Waals surface area contributed by atoms with Crippen molar-refractivity contribution in [3.63, 3.8) is 0 Å². The maximum atomic E-state index is 5.19. The van der Waals surface area contributed by atoms with Crippen molar-refractivity contribution >= 4 is 0 Å². The Labute approximate surface area is 99.0 Å². The minimum atomic E-state index is 0.738. The first kappa shape index (κ1) is 11.7. The number of nitrogens with zero attached hydrogens (tertiary/aromatic N) is 1. The van der Waals surface area contributed by atoms with Crippen molar-refractivity contribution in [2.24, 2.45) is 5.92 Å². The van der Waals surface area contributed by atoms with Gasteiger partial charge in [0.25, 0.3) is 0 Å². The van der Waals surface area contributed by atoms with E-state index in [1.165, 1.54) is 45.3 Å². The fourth-order valence-corrected chi connectivity index (χ4v) is 2.59. The van der Waals surface area contributed by atoms with Gasteiger partial charge in [0.2, 0.25) is 0 Å². The van der Waals surface area contributed by atoms with Crippen molar-refractivity contribution in [1.29, 1.82) is 0 Å². The minimum absolute atomic E-state index is 0.738. The highest BCUT2D eigenvalue weighted by Gasteiger charge is 2.13. The summed E-state index contributed by atoms with van der Waals surface area (Å²) in [6, 6.07) is 0. The van der Waals surface area contributed by atoms with Crippen LogP contribution < -0.4 is 0 Å². The quantitative estimate of drug-likeness (QED) is 0.707.